The maximum absolute atomic E-state index is 12.2. The van der Waals surface area contributed by atoms with Crippen LogP contribution in [0.1, 0.15) is 15.9 Å². The van der Waals surface area contributed by atoms with Crippen LogP contribution in [0.15, 0.2) is 54.6 Å². The lowest BCUT2D eigenvalue weighted by atomic mass is 10.1. The topological polar surface area (TPSA) is 38.3 Å². The first-order chi connectivity index (χ1) is 8.84. The zero-order valence-electron chi connectivity index (χ0n) is 9.80. The number of ether oxygens (including phenoxy) is 1. The second-order valence-corrected chi connectivity index (χ2v) is 4.22. The molecule has 0 aromatic heterocycles. The first kappa shape index (κ1) is 11.0. The van der Waals surface area contributed by atoms with Crippen molar-refractivity contribution in [2.75, 3.05) is 5.32 Å². The largest absolute Gasteiger partial charge is 0.353 e. The van der Waals surface area contributed by atoms with Crippen molar-refractivity contribution in [1.29, 1.82) is 0 Å². The molecule has 1 N–H and O–H groups in total. The van der Waals surface area contributed by atoms with Gasteiger partial charge < -0.3 is 10.1 Å². The van der Waals surface area contributed by atoms with Gasteiger partial charge >= 0.3 is 0 Å². The van der Waals surface area contributed by atoms with Gasteiger partial charge in [0.25, 0.3) is 0 Å². The third-order valence-corrected chi connectivity index (χ3v) is 3.01. The molecule has 3 nitrogen and oxygen atoms in total. The number of carbonyl (C=O) groups is 1. The van der Waals surface area contributed by atoms with Crippen molar-refractivity contribution in [3.63, 3.8) is 0 Å². The maximum atomic E-state index is 12.2. The molecule has 0 fully saturated rings. The maximum Gasteiger partial charge on any atom is 0.212 e. The van der Waals surface area contributed by atoms with E-state index in [1.165, 1.54) is 0 Å². The Hall–Kier alpha value is -2.13. The Kier molecular flexibility index (Phi) is 2.82. The number of anilines is 1. The number of para-hydroxylation sites is 1. The van der Waals surface area contributed by atoms with Crippen LogP contribution in [0.3, 0.4) is 0 Å². The Labute approximate surface area is 105 Å². The van der Waals surface area contributed by atoms with Crippen molar-refractivity contribution in [3.8, 4) is 0 Å². The van der Waals surface area contributed by atoms with E-state index in [0.717, 1.165) is 11.3 Å². The summed E-state index contributed by atoms with van der Waals surface area (Å²) >= 11 is 0. The highest BCUT2D eigenvalue weighted by molar-refractivity contribution is 6.00. The molecule has 0 saturated heterocycles. The molecule has 0 radical (unpaired) electrons. The summed E-state index contributed by atoms with van der Waals surface area (Å²) in [4.78, 5) is 12.2. The average Bonchev–Trinajstić information content (AvgIpc) is 2.47. The number of nitrogens with one attached hydrogen (secondary N) is 1. The van der Waals surface area contributed by atoms with E-state index in [9.17, 15) is 4.79 Å². The quantitative estimate of drug-likeness (QED) is 0.819. The minimum atomic E-state index is -0.595. The highest BCUT2D eigenvalue weighted by Crippen LogP contribution is 2.23. The van der Waals surface area contributed by atoms with Crippen LogP contribution < -0.4 is 5.32 Å². The number of hydrogen-bond acceptors (Lipinski definition) is 3. The van der Waals surface area contributed by atoms with E-state index >= 15 is 0 Å². The molecule has 0 spiro atoms. The number of ketones is 1. The van der Waals surface area contributed by atoms with Crippen LogP contribution in [0.4, 0.5) is 5.69 Å². The molecule has 1 unspecified atom stereocenters. The van der Waals surface area contributed by atoms with E-state index in [2.05, 4.69) is 5.32 Å². The molecule has 0 bridgehead atoms. The average molecular weight is 239 g/mol. The van der Waals surface area contributed by atoms with Crippen LogP contribution in [0, 0.1) is 0 Å². The highest BCUT2D eigenvalue weighted by Gasteiger charge is 2.25. The Morgan fingerprint density at radius 2 is 1.78 bits per heavy atom. The molecule has 0 amide bonds. The van der Waals surface area contributed by atoms with Crippen molar-refractivity contribution in [2.45, 2.75) is 12.8 Å². The van der Waals surface area contributed by atoms with Gasteiger partial charge in [0.15, 0.2) is 6.23 Å². The molecule has 2 aromatic rings. The van der Waals surface area contributed by atoms with Crippen LogP contribution in [0.25, 0.3) is 0 Å². The van der Waals surface area contributed by atoms with Crippen molar-refractivity contribution in [3.05, 3.63) is 65.7 Å². The van der Waals surface area contributed by atoms with Crippen molar-refractivity contribution in [2.24, 2.45) is 0 Å². The Bertz CT molecular complexity index is 566. The monoisotopic (exact) mass is 239 g/mol. The highest BCUT2D eigenvalue weighted by atomic mass is 16.5. The fourth-order valence-corrected chi connectivity index (χ4v) is 2.04. The lowest BCUT2D eigenvalue weighted by Crippen LogP contribution is -2.35. The van der Waals surface area contributed by atoms with Gasteiger partial charge in [0.1, 0.15) is 0 Å². The van der Waals surface area contributed by atoms with E-state index in [4.69, 9.17) is 4.74 Å². The number of rotatable bonds is 2. The molecule has 1 aliphatic heterocycles. The fraction of sp³-hybridized carbons (Fsp3) is 0.133. The van der Waals surface area contributed by atoms with Crippen LogP contribution >= 0.6 is 0 Å². The van der Waals surface area contributed by atoms with E-state index in [1.54, 1.807) is 12.1 Å². The molecule has 1 aliphatic rings. The summed E-state index contributed by atoms with van der Waals surface area (Å²) in [6.45, 7) is 0.465. The fourth-order valence-electron chi connectivity index (χ4n) is 2.04. The number of hydrogen-bond donors (Lipinski definition) is 1. The van der Waals surface area contributed by atoms with E-state index in [-0.39, 0.29) is 5.78 Å². The van der Waals surface area contributed by atoms with Gasteiger partial charge in [-0.15, -0.1) is 0 Å². The normalized spacial score (nSPS) is 17.7. The molecule has 18 heavy (non-hydrogen) atoms. The van der Waals surface area contributed by atoms with Gasteiger partial charge in [-0.05, 0) is 6.07 Å². The summed E-state index contributed by atoms with van der Waals surface area (Å²) in [6, 6.07) is 17.1. The summed E-state index contributed by atoms with van der Waals surface area (Å²) < 4.78 is 5.56. The lowest BCUT2D eigenvalue weighted by molar-refractivity contribution is 0.0404. The van der Waals surface area contributed by atoms with Gasteiger partial charge in [-0.3, -0.25) is 4.79 Å². The SMILES string of the molecule is O=C(c1ccccc1)C1Nc2ccccc2CO1. The predicted molar refractivity (Wildman–Crippen MR) is 69.4 cm³/mol. The molecule has 3 heteroatoms. The van der Waals surface area contributed by atoms with Gasteiger partial charge in [0.05, 0.1) is 6.61 Å². The Balaban J connectivity index is 1.82. The third kappa shape index (κ3) is 2.00. The van der Waals surface area contributed by atoms with Gasteiger partial charge in [-0.2, -0.15) is 0 Å². The standard InChI is InChI=1S/C15H13NO2/c17-14(11-6-2-1-3-7-11)15-16-13-9-5-4-8-12(13)10-18-15/h1-9,15-16H,10H2. The number of carbonyl (C=O) groups excluding carboxylic acids is 1. The molecule has 1 atom stereocenters. The molecule has 3 rings (SSSR count). The Morgan fingerprint density at radius 1 is 1.06 bits per heavy atom. The first-order valence-corrected chi connectivity index (χ1v) is 5.90. The molecule has 0 saturated carbocycles. The molecular formula is C15H13NO2. The number of fused-ring (bicyclic) bond motifs is 1. The third-order valence-electron chi connectivity index (χ3n) is 3.01. The van der Waals surface area contributed by atoms with Crippen LogP contribution in [0.2, 0.25) is 0 Å². The van der Waals surface area contributed by atoms with Gasteiger partial charge in [-0.1, -0.05) is 48.5 Å². The van der Waals surface area contributed by atoms with Gasteiger partial charge in [0.2, 0.25) is 5.78 Å². The molecule has 90 valence electrons. The zero-order valence-corrected chi connectivity index (χ0v) is 9.80. The van der Waals surface area contributed by atoms with E-state index < -0.39 is 6.23 Å². The van der Waals surface area contributed by atoms with Gasteiger partial charge in [0, 0.05) is 16.8 Å². The summed E-state index contributed by atoms with van der Waals surface area (Å²) in [6.07, 6.45) is -0.595. The van der Waals surface area contributed by atoms with Crippen LogP contribution in [-0.4, -0.2) is 12.0 Å². The second-order valence-electron chi connectivity index (χ2n) is 4.22. The van der Waals surface area contributed by atoms with Crippen molar-refractivity contribution in [1.82, 2.24) is 0 Å². The second kappa shape index (κ2) is 4.63. The predicted octanol–water partition coefficient (Wildman–Crippen LogP) is 2.84. The summed E-state index contributed by atoms with van der Waals surface area (Å²) in [5.74, 6) is -0.0369. The molecular weight excluding hydrogens is 226 g/mol. The summed E-state index contributed by atoms with van der Waals surface area (Å²) in [7, 11) is 0. The number of benzene rings is 2. The smallest absolute Gasteiger partial charge is 0.212 e. The van der Waals surface area contributed by atoms with Crippen molar-refractivity contribution < 1.29 is 9.53 Å². The zero-order chi connectivity index (χ0) is 12.4. The lowest BCUT2D eigenvalue weighted by Gasteiger charge is -2.26. The Morgan fingerprint density at radius 3 is 2.61 bits per heavy atom. The van der Waals surface area contributed by atoms with E-state index in [0.29, 0.717) is 12.2 Å². The van der Waals surface area contributed by atoms with Crippen LogP contribution in [-0.2, 0) is 11.3 Å². The molecule has 2 aromatic carbocycles. The number of Topliss-reactive ketones (excluding diaryl/α,β-unsaturated/α-hetero) is 1. The first-order valence-electron chi connectivity index (χ1n) is 5.90. The van der Waals surface area contributed by atoms with Crippen LogP contribution in [0.5, 0.6) is 0 Å². The van der Waals surface area contributed by atoms with Crippen molar-refractivity contribution >= 4 is 11.5 Å². The summed E-state index contributed by atoms with van der Waals surface area (Å²) in [5.41, 5.74) is 2.71. The minimum absolute atomic E-state index is 0.0369. The van der Waals surface area contributed by atoms with E-state index in [1.807, 2.05) is 42.5 Å². The summed E-state index contributed by atoms with van der Waals surface area (Å²) in [5, 5.41) is 3.12. The van der Waals surface area contributed by atoms with Gasteiger partial charge in [-0.25, -0.2) is 0 Å². The molecule has 0 aliphatic carbocycles. The minimum Gasteiger partial charge on any atom is -0.353 e. The molecule has 1 heterocycles.